The van der Waals surface area contributed by atoms with Gasteiger partial charge in [0, 0.05) is 18.1 Å². The third-order valence-corrected chi connectivity index (χ3v) is 5.21. The molecule has 100 valence electrons. The van der Waals surface area contributed by atoms with Crippen LogP contribution >= 0.6 is 0 Å². The van der Waals surface area contributed by atoms with Crippen molar-refractivity contribution in [1.82, 2.24) is 5.32 Å². The third kappa shape index (κ3) is 2.68. The zero-order chi connectivity index (χ0) is 12.5. The van der Waals surface area contributed by atoms with Crippen LogP contribution in [-0.4, -0.2) is 25.3 Å². The first-order chi connectivity index (χ1) is 8.05. The Kier molecular flexibility index (Phi) is 4.14. The molecule has 4 atom stereocenters. The summed E-state index contributed by atoms with van der Waals surface area (Å²) in [5, 5.41) is 3.79. The lowest BCUT2D eigenvalue weighted by Crippen LogP contribution is -2.61. The van der Waals surface area contributed by atoms with Crippen LogP contribution in [0.25, 0.3) is 0 Å². The maximum absolute atomic E-state index is 5.78. The Bertz CT molecular complexity index is 251. The molecule has 2 heteroatoms. The molecule has 17 heavy (non-hydrogen) atoms. The fraction of sp³-hybridized carbons (Fsp3) is 1.00. The minimum Gasteiger partial charge on any atom is -0.378 e. The van der Waals surface area contributed by atoms with E-state index in [9.17, 15) is 0 Å². The van der Waals surface area contributed by atoms with E-state index >= 15 is 0 Å². The molecule has 0 heterocycles. The molecule has 1 N–H and O–H groups in total. The summed E-state index contributed by atoms with van der Waals surface area (Å²) in [4.78, 5) is 0. The molecule has 0 aromatic carbocycles. The second-order valence-electron chi connectivity index (χ2n) is 6.63. The van der Waals surface area contributed by atoms with Crippen LogP contribution in [0.15, 0.2) is 0 Å². The first kappa shape index (κ1) is 13.4. The molecule has 2 nitrogen and oxygen atoms in total. The van der Waals surface area contributed by atoms with E-state index in [0.717, 1.165) is 18.4 Å². The van der Waals surface area contributed by atoms with E-state index in [-0.39, 0.29) is 0 Å². The first-order valence-corrected chi connectivity index (χ1v) is 7.40. The van der Waals surface area contributed by atoms with Gasteiger partial charge in [-0.1, -0.05) is 33.6 Å². The van der Waals surface area contributed by atoms with Gasteiger partial charge in [0.15, 0.2) is 0 Å². The predicted molar refractivity (Wildman–Crippen MR) is 72.1 cm³/mol. The van der Waals surface area contributed by atoms with E-state index in [1.54, 1.807) is 0 Å². The standard InChI is InChI=1S/C15H29NO/c1-5-17-14-9-13(15(14,3)4)16-10-12-8-6-7-11(12)2/h11-14,16H,5-10H2,1-4H3. The highest BCUT2D eigenvalue weighted by atomic mass is 16.5. The normalized spacial score (nSPS) is 40.2. The summed E-state index contributed by atoms with van der Waals surface area (Å²) in [5.74, 6) is 1.84. The van der Waals surface area contributed by atoms with Crippen molar-refractivity contribution in [3.63, 3.8) is 0 Å². The molecule has 2 fully saturated rings. The van der Waals surface area contributed by atoms with Crippen molar-refractivity contribution in [3.05, 3.63) is 0 Å². The summed E-state index contributed by atoms with van der Waals surface area (Å²) in [6.07, 6.45) is 5.95. The number of nitrogens with one attached hydrogen (secondary N) is 1. The van der Waals surface area contributed by atoms with Crippen molar-refractivity contribution >= 4 is 0 Å². The van der Waals surface area contributed by atoms with Crippen molar-refractivity contribution in [3.8, 4) is 0 Å². The van der Waals surface area contributed by atoms with Crippen molar-refractivity contribution in [2.75, 3.05) is 13.2 Å². The van der Waals surface area contributed by atoms with E-state index in [1.165, 1.54) is 32.2 Å². The highest BCUT2D eigenvalue weighted by Crippen LogP contribution is 2.43. The summed E-state index contributed by atoms with van der Waals surface area (Å²) < 4.78 is 5.78. The van der Waals surface area contributed by atoms with Crippen LogP contribution in [0, 0.1) is 17.3 Å². The monoisotopic (exact) mass is 239 g/mol. The largest absolute Gasteiger partial charge is 0.378 e. The van der Waals surface area contributed by atoms with Crippen molar-refractivity contribution in [1.29, 1.82) is 0 Å². The van der Waals surface area contributed by atoms with E-state index in [4.69, 9.17) is 4.74 Å². The van der Waals surface area contributed by atoms with Crippen LogP contribution in [0.2, 0.25) is 0 Å². The molecule has 0 spiro atoms. The molecule has 0 aliphatic heterocycles. The molecule has 2 aliphatic carbocycles. The van der Waals surface area contributed by atoms with Crippen LogP contribution in [0.3, 0.4) is 0 Å². The highest BCUT2D eigenvalue weighted by Gasteiger charge is 2.48. The lowest BCUT2D eigenvalue weighted by molar-refractivity contribution is -0.114. The molecule has 0 aromatic rings. The Labute approximate surface area is 107 Å². The van der Waals surface area contributed by atoms with Gasteiger partial charge in [-0.3, -0.25) is 0 Å². The van der Waals surface area contributed by atoms with Gasteiger partial charge < -0.3 is 10.1 Å². The molecule has 2 saturated carbocycles. The molecule has 0 radical (unpaired) electrons. The quantitative estimate of drug-likeness (QED) is 0.795. The second kappa shape index (κ2) is 5.27. The summed E-state index contributed by atoms with van der Waals surface area (Å²) >= 11 is 0. The minimum atomic E-state index is 0.317. The van der Waals surface area contributed by atoms with Gasteiger partial charge in [-0.05, 0) is 38.1 Å². The molecule has 0 aromatic heterocycles. The van der Waals surface area contributed by atoms with E-state index in [2.05, 4.69) is 33.0 Å². The van der Waals surface area contributed by atoms with Crippen LogP contribution < -0.4 is 5.32 Å². The molecule has 0 saturated heterocycles. The Morgan fingerprint density at radius 2 is 2.06 bits per heavy atom. The summed E-state index contributed by atoms with van der Waals surface area (Å²) in [6, 6.07) is 0.659. The second-order valence-corrected chi connectivity index (χ2v) is 6.63. The average molecular weight is 239 g/mol. The number of ether oxygens (including phenoxy) is 1. The van der Waals surface area contributed by atoms with E-state index in [0.29, 0.717) is 17.6 Å². The van der Waals surface area contributed by atoms with Gasteiger partial charge in [-0.2, -0.15) is 0 Å². The van der Waals surface area contributed by atoms with Gasteiger partial charge in [0.1, 0.15) is 0 Å². The Morgan fingerprint density at radius 3 is 2.59 bits per heavy atom. The van der Waals surface area contributed by atoms with Gasteiger partial charge in [0.2, 0.25) is 0 Å². The zero-order valence-corrected chi connectivity index (χ0v) is 12.0. The lowest BCUT2D eigenvalue weighted by Gasteiger charge is -2.52. The fourth-order valence-electron chi connectivity index (χ4n) is 3.53. The number of hydrogen-bond donors (Lipinski definition) is 1. The minimum absolute atomic E-state index is 0.317. The summed E-state index contributed by atoms with van der Waals surface area (Å²) in [7, 11) is 0. The molecule has 0 bridgehead atoms. The molecular weight excluding hydrogens is 210 g/mol. The molecule has 2 aliphatic rings. The number of rotatable bonds is 5. The molecule has 4 unspecified atom stereocenters. The maximum Gasteiger partial charge on any atom is 0.0655 e. The SMILES string of the molecule is CCOC1CC(NCC2CCCC2C)C1(C)C. The lowest BCUT2D eigenvalue weighted by atomic mass is 9.64. The third-order valence-electron chi connectivity index (χ3n) is 5.21. The van der Waals surface area contributed by atoms with Crippen molar-refractivity contribution in [2.45, 2.75) is 65.5 Å². The van der Waals surface area contributed by atoms with Gasteiger partial charge in [0.25, 0.3) is 0 Å². The first-order valence-electron chi connectivity index (χ1n) is 7.40. The molecular formula is C15H29NO. The topological polar surface area (TPSA) is 21.3 Å². The van der Waals surface area contributed by atoms with E-state index < -0.39 is 0 Å². The Morgan fingerprint density at radius 1 is 1.29 bits per heavy atom. The van der Waals surface area contributed by atoms with Gasteiger partial charge >= 0.3 is 0 Å². The zero-order valence-electron chi connectivity index (χ0n) is 12.0. The Balaban J connectivity index is 1.74. The van der Waals surface area contributed by atoms with Gasteiger partial charge in [-0.25, -0.2) is 0 Å². The molecule has 0 amide bonds. The van der Waals surface area contributed by atoms with Crippen LogP contribution in [0.5, 0.6) is 0 Å². The van der Waals surface area contributed by atoms with Gasteiger partial charge in [-0.15, -0.1) is 0 Å². The summed E-state index contributed by atoms with van der Waals surface area (Å²) in [5.41, 5.74) is 0.317. The smallest absolute Gasteiger partial charge is 0.0655 e. The van der Waals surface area contributed by atoms with Crippen LogP contribution in [0.1, 0.15) is 53.4 Å². The predicted octanol–water partition coefficient (Wildman–Crippen LogP) is 3.22. The van der Waals surface area contributed by atoms with Crippen LogP contribution in [0.4, 0.5) is 0 Å². The van der Waals surface area contributed by atoms with Crippen LogP contribution in [-0.2, 0) is 4.74 Å². The molecule has 2 rings (SSSR count). The fourth-order valence-corrected chi connectivity index (χ4v) is 3.53. The van der Waals surface area contributed by atoms with Gasteiger partial charge in [0.05, 0.1) is 6.10 Å². The number of hydrogen-bond acceptors (Lipinski definition) is 2. The summed E-state index contributed by atoms with van der Waals surface area (Å²) in [6.45, 7) is 11.2. The van der Waals surface area contributed by atoms with Crippen molar-refractivity contribution in [2.24, 2.45) is 17.3 Å². The van der Waals surface area contributed by atoms with Crippen molar-refractivity contribution < 1.29 is 4.74 Å². The highest BCUT2D eigenvalue weighted by molar-refractivity contribution is 5.03. The van der Waals surface area contributed by atoms with E-state index in [1.807, 2.05) is 0 Å². The average Bonchev–Trinajstić information content (AvgIpc) is 2.68. The maximum atomic E-state index is 5.78. The Hall–Kier alpha value is -0.0800.